The molecule has 4 aliphatic rings. The predicted molar refractivity (Wildman–Crippen MR) is 137 cm³/mol. The van der Waals surface area contributed by atoms with Gasteiger partial charge in [0.15, 0.2) is 0 Å². The van der Waals surface area contributed by atoms with E-state index in [0.717, 1.165) is 51.3 Å². The van der Waals surface area contributed by atoms with Gasteiger partial charge in [0, 0.05) is 14.1 Å². The molecule has 0 saturated carbocycles. The van der Waals surface area contributed by atoms with E-state index in [1.807, 2.05) is 30.5 Å². The highest BCUT2D eigenvalue weighted by Crippen LogP contribution is 2.45. The molecule has 34 heavy (non-hydrogen) atoms. The molecule has 0 fully saturated rings. The number of allylic oxidation sites excluding steroid dienone is 5. The number of furan rings is 1. The quantitative estimate of drug-likeness (QED) is 0.635. The number of aliphatic imine (C=N–C) groups is 1. The van der Waals surface area contributed by atoms with Gasteiger partial charge in [0.1, 0.15) is 17.2 Å². The minimum Gasteiger partial charge on any atom is -0.497 e. The molecule has 1 atom stereocenters. The molecule has 1 amide bonds. The van der Waals surface area contributed by atoms with Crippen molar-refractivity contribution in [2.75, 3.05) is 21.2 Å². The predicted octanol–water partition coefficient (Wildman–Crippen LogP) is 5.01. The van der Waals surface area contributed by atoms with Gasteiger partial charge in [-0.2, -0.15) is 0 Å². The fourth-order valence-corrected chi connectivity index (χ4v) is 4.77. The lowest BCUT2D eigenvalue weighted by molar-refractivity contribution is -0.120. The Hall–Kier alpha value is -3.64. The first-order valence-electron chi connectivity index (χ1n) is 11.4. The molecule has 1 aromatic carbocycles. The number of carbonyl (C=O) groups is 1. The average Bonchev–Trinajstić information content (AvgIpc) is 3.29. The first-order valence-corrected chi connectivity index (χ1v) is 11.4. The minimum absolute atomic E-state index is 0. The zero-order valence-corrected chi connectivity index (χ0v) is 20.0. The molecular weight excluding hydrogens is 426 g/mol. The zero-order chi connectivity index (χ0) is 23.9. The van der Waals surface area contributed by atoms with Gasteiger partial charge in [0.25, 0.3) is 0 Å². The second-order valence-corrected chi connectivity index (χ2v) is 9.18. The van der Waals surface area contributed by atoms with Crippen LogP contribution in [0, 0.1) is 0 Å². The maximum absolute atomic E-state index is 12.8. The van der Waals surface area contributed by atoms with Gasteiger partial charge in [-0.05, 0) is 96.4 Å². The highest BCUT2D eigenvalue weighted by molar-refractivity contribution is 6.06. The number of nitrogens with one attached hydrogen (secondary N) is 1. The molecule has 0 spiro atoms. The maximum atomic E-state index is 12.8. The number of hydrogen-bond acceptors (Lipinski definition) is 5. The SMILES string of the molecule is COc1ccc2c(c1)C(CC(=O)NCc1ccco1)=C(C)/C2=C/C1=CC2=CC(N(C)C)(C2)N=C1.[HH]. The van der Waals surface area contributed by atoms with E-state index in [1.165, 1.54) is 5.57 Å². The zero-order valence-electron chi connectivity index (χ0n) is 20.0. The summed E-state index contributed by atoms with van der Waals surface area (Å²) in [4.78, 5) is 19.8. The summed E-state index contributed by atoms with van der Waals surface area (Å²) >= 11 is 0. The second-order valence-electron chi connectivity index (χ2n) is 9.18. The third-order valence-electron chi connectivity index (χ3n) is 6.83. The summed E-state index contributed by atoms with van der Waals surface area (Å²) in [6, 6.07) is 9.73. The van der Waals surface area contributed by atoms with Crippen LogP contribution in [-0.4, -0.2) is 43.9 Å². The second kappa shape index (κ2) is 8.61. The third kappa shape index (κ3) is 3.94. The monoisotopic (exact) mass is 457 g/mol. The van der Waals surface area contributed by atoms with Gasteiger partial charge in [-0.1, -0.05) is 12.1 Å². The number of amides is 1. The number of carbonyl (C=O) groups excluding carboxylic acids is 1. The van der Waals surface area contributed by atoms with E-state index in [0.29, 0.717) is 6.54 Å². The molecule has 3 heterocycles. The molecule has 0 saturated heterocycles. The van der Waals surface area contributed by atoms with Gasteiger partial charge in [-0.15, -0.1) is 0 Å². The summed E-state index contributed by atoms with van der Waals surface area (Å²) in [5.41, 5.74) is 7.50. The first kappa shape index (κ1) is 22.2. The van der Waals surface area contributed by atoms with Gasteiger partial charge < -0.3 is 14.5 Å². The van der Waals surface area contributed by atoms with Gasteiger partial charge in [0.05, 0.1) is 26.3 Å². The van der Waals surface area contributed by atoms with E-state index in [1.54, 1.807) is 13.4 Å². The van der Waals surface area contributed by atoms with E-state index in [2.05, 4.69) is 55.5 Å². The van der Waals surface area contributed by atoms with E-state index in [9.17, 15) is 4.79 Å². The van der Waals surface area contributed by atoms with E-state index in [-0.39, 0.29) is 19.4 Å². The van der Waals surface area contributed by atoms with Crippen LogP contribution in [0.5, 0.6) is 5.75 Å². The minimum atomic E-state index is -0.227. The van der Waals surface area contributed by atoms with Crippen molar-refractivity contribution in [2.45, 2.75) is 32.0 Å². The van der Waals surface area contributed by atoms with Crippen LogP contribution in [0.2, 0.25) is 0 Å². The Morgan fingerprint density at radius 2 is 2.15 bits per heavy atom. The van der Waals surface area contributed by atoms with Crippen LogP contribution in [0.25, 0.3) is 11.1 Å². The number of nitrogens with zero attached hydrogens (tertiary/aromatic N) is 2. The van der Waals surface area contributed by atoms with E-state index in [4.69, 9.17) is 14.1 Å². The average molecular weight is 458 g/mol. The van der Waals surface area contributed by atoms with E-state index >= 15 is 0 Å². The molecule has 2 bridgehead atoms. The summed E-state index contributed by atoms with van der Waals surface area (Å²) in [7, 11) is 5.78. The molecule has 1 N–H and O–H groups in total. The van der Waals surface area contributed by atoms with Crippen molar-refractivity contribution in [2.24, 2.45) is 4.99 Å². The van der Waals surface area contributed by atoms with Crippen molar-refractivity contribution >= 4 is 23.3 Å². The number of benzene rings is 1. The van der Waals surface area contributed by atoms with Crippen molar-refractivity contribution in [1.82, 2.24) is 10.2 Å². The van der Waals surface area contributed by atoms with Crippen LogP contribution in [0.15, 0.2) is 81.0 Å². The van der Waals surface area contributed by atoms with Crippen LogP contribution >= 0.6 is 0 Å². The highest BCUT2D eigenvalue weighted by atomic mass is 16.5. The standard InChI is InChI=1S/C28H29N3O3.H2/c1-18-24(11-19-10-20-14-28(15-20,30-16-19)31(2)3)23-8-7-21(33-4)12-26(23)25(18)13-27(32)29-17-22-6-5-9-34-22;/h5-12,14,16H,13,15,17H2,1-4H3,(H,29,32);1H/b24-11-;. The Balaban J connectivity index is 0.00000289. The number of methoxy groups -OCH3 is 1. The van der Waals surface area contributed by atoms with Crippen molar-refractivity contribution in [1.29, 1.82) is 0 Å². The Bertz CT molecular complexity index is 1300. The maximum Gasteiger partial charge on any atom is 0.224 e. The van der Waals surface area contributed by atoms with E-state index < -0.39 is 0 Å². The van der Waals surface area contributed by atoms with Gasteiger partial charge in [-0.3, -0.25) is 14.7 Å². The summed E-state index contributed by atoms with van der Waals surface area (Å²) in [6.07, 6.45) is 11.4. The molecule has 176 valence electrons. The number of likely N-dealkylation sites (N-methyl/N-ethyl adjacent to an activating group) is 1. The molecule has 0 radical (unpaired) electrons. The fourth-order valence-electron chi connectivity index (χ4n) is 4.77. The summed E-state index contributed by atoms with van der Waals surface area (Å²) in [5, 5.41) is 2.96. The smallest absolute Gasteiger partial charge is 0.224 e. The first-order chi connectivity index (χ1) is 16.4. The van der Waals surface area contributed by atoms with Gasteiger partial charge in [0.2, 0.25) is 5.91 Å². The Morgan fingerprint density at radius 1 is 1.32 bits per heavy atom. The van der Waals surface area contributed by atoms with Crippen LogP contribution in [-0.2, 0) is 11.3 Å². The number of rotatable bonds is 7. The normalized spacial score (nSPS) is 21.7. The summed E-state index contributed by atoms with van der Waals surface area (Å²) in [6.45, 7) is 2.46. The topological polar surface area (TPSA) is 67.1 Å². The Labute approximate surface area is 201 Å². The van der Waals surface area contributed by atoms with Crippen molar-refractivity contribution < 1.29 is 15.4 Å². The summed E-state index contributed by atoms with van der Waals surface area (Å²) < 4.78 is 10.8. The highest BCUT2D eigenvalue weighted by Gasteiger charge is 2.38. The van der Waals surface area contributed by atoms with Crippen LogP contribution in [0.1, 0.15) is 38.1 Å². The van der Waals surface area contributed by atoms with Crippen molar-refractivity contribution in [3.05, 3.63) is 88.4 Å². The lowest BCUT2D eigenvalue weighted by atomic mass is 9.85. The molecule has 6 rings (SSSR count). The molecular formula is C28H31N3O3. The lowest BCUT2D eigenvalue weighted by Crippen LogP contribution is -2.45. The third-order valence-corrected chi connectivity index (χ3v) is 6.83. The van der Waals surface area contributed by atoms with Gasteiger partial charge >= 0.3 is 0 Å². The molecule has 2 aliphatic carbocycles. The molecule has 6 heteroatoms. The van der Waals surface area contributed by atoms with Gasteiger partial charge in [-0.25, -0.2) is 0 Å². The largest absolute Gasteiger partial charge is 0.497 e. The fraction of sp³-hybridized carbons (Fsp3) is 0.286. The molecule has 1 aromatic heterocycles. The number of hydrogen-bond donors (Lipinski definition) is 1. The molecule has 1 unspecified atom stereocenters. The molecule has 2 aromatic rings. The molecule has 2 aliphatic heterocycles. The lowest BCUT2D eigenvalue weighted by Gasteiger charge is -2.40. The van der Waals surface area contributed by atoms with Crippen molar-refractivity contribution in [3.63, 3.8) is 0 Å². The molecule has 6 nitrogen and oxygen atoms in total. The van der Waals surface area contributed by atoms with Crippen LogP contribution < -0.4 is 10.1 Å². The Morgan fingerprint density at radius 3 is 2.85 bits per heavy atom. The van der Waals surface area contributed by atoms with Crippen LogP contribution in [0.4, 0.5) is 0 Å². The van der Waals surface area contributed by atoms with Crippen molar-refractivity contribution in [3.8, 4) is 5.75 Å². The summed E-state index contributed by atoms with van der Waals surface area (Å²) in [5.74, 6) is 1.46. The number of ether oxygens (including phenoxy) is 1. The Kier molecular flexibility index (Phi) is 5.62. The van der Waals surface area contributed by atoms with Crippen LogP contribution in [0.3, 0.4) is 0 Å². The number of fused-ring (bicyclic) bond motifs is 2.